The van der Waals surface area contributed by atoms with Gasteiger partial charge in [-0.15, -0.1) is 23.4 Å². The normalized spacial score (nSPS) is 20.0. The van der Waals surface area contributed by atoms with Crippen LogP contribution in [0.15, 0.2) is 36.7 Å². The molecule has 2 aromatic heterocycles. The van der Waals surface area contributed by atoms with Crippen LogP contribution in [-0.2, 0) is 24.4 Å². The van der Waals surface area contributed by atoms with E-state index in [1.165, 1.54) is 29.1 Å². The van der Waals surface area contributed by atoms with E-state index in [2.05, 4.69) is 36.0 Å². The molecule has 12 nitrogen and oxygen atoms in total. The van der Waals surface area contributed by atoms with Crippen LogP contribution >= 0.6 is 0 Å². The second kappa shape index (κ2) is 12.0. The average Bonchev–Trinajstić information content (AvgIpc) is 3.73. The van der Waals surface area contributed by atoms with E-state index in [4.69, 9.17) is 4.74 Å². The van der Waals surface area contributed by atoms with Gasteiger partial charge in [0.15, 0.2) is 11.4 Å². The largest absolute Gasteiger partial charge is 0.573 e. The summed E-state index contributed by atoms with van der Waals surface area (Å²) in [6.07, 6.45) is 3.53. The Morgan fingerprint density at radius 1 is 1.00 bits per heavy atom. The first kappa shape index (κ1) is 27.6. The fourth-order valence-corrected chi connectivity index (χ4v) is 4.97. The number of alkyl halides is 3. The maximum atomic E-state index is 12.4. The Balaban J connectivity index is 0.998. The van der Waals surface area contributed by atoms with Crippen molar-refractivity contribution >= 4 is 11.8 Å². The smallest absolute Gasteiger partial charge is 0.406 e. The monoisotopic (exact) mass is 562 g/mol. The van der Waals surface area contributed by atoms with Gasteiger partial charge in [-0.05, 0) is 49.8 Å². The number of benzene rings is 1. The summed E-state index contributed by atoms with van der Waals surface area (Å²) < 4.78 is 50.0. The van der Waals surface area contributed by atoms with Crippen LogP contribution in [0.25, 0.3) is 0 Å². The molecule has 2 saturated heterocycles. The number of unbranched alkanes of at least 4 members (excludes halogenated alkanes) is 1. The fraction of sp³-hybridized carbons (Fsp3) is 0.520. The highest BCUT2D eigenvalue weighted by molar-refractivity contribution is 5.92. The minimum atomic E-state index is -4.79. The number of ether oxygens (including phenoxy) is 2. The molecule has 2 N–H and O–H groups in total. The highest BCUT2D eigenvalue weighted by Gasteiger charge is 2.40. The first-order valence-corrected chi connectivity index (χ1v) is 13.1. The Bertz CT molecular complexity index is 1330. The summed E-state index contributed by atoms with van der Waals surface area (Å²) >= 11 is 0. The Morgan fingerprint density at radius 2 is 1.68 bits per heavy atom. The topological polar surface area (TPSA) is 138 Å². The molecule has 5 rings (SSSR count). The van der Waals surface area contributed by atoms with Gasteiger partial charge in [-0.25, -0.2) is 0 Å². The predicted octanol–water partition coefficient (Wildman–Crippen LogP) is 2.48. The third-order valence-electron chi connectivity index (χ3n) is 6.91. The van der Waals surface area contributed by atoms with Crippen LogP contribution in [0.2, 0.25) is 0 Å². The lowest BCUT2D eigenvalue weighted by atomic mass is 9.89. The quantitative estimate of drug-likeness (QED) is 0.321. The number of nitrogens with one attached hydrogen (secondary N) is 2. The first-order valence-electron chi connectivity index (χ1n) is 13.1. The molecule has 3 atom stereocenters. The standard InChI is InChI=1S/C25H29F3N8O4/c26-25(27,28)40-19-5-3-4-16(10-19)12-29-23(37)20-14-35(33-31-20)8-1-2-9-36-15-21(32-34-36)24(38)30-13-17-11-18-6-7-22(17)39-18/h3-5,10,14-15,17-18,22H,1-2,6-9,11-13H2,(H,29,37)(H,30,38). The average molecular weight is 563 g/mol. The van der Waals surface area contributed by atoms with Gasteiger partial charge in [0.25, 0.3) is 11.8 Å². The fourth-order valence-electron chi connectivity index (χ4n) is 4.97. The highest BCUT2D eigenvalue weighted by Crippen LogP contribution is 2.38. The van der Waals surface area contributed by atoms with Gasteiger partial charge in [-0.3, -0.25) is 19.0 Å². The van der Waals surface area contributed by atoms with Gasteiger partial charge in [-0.1, -0.05) is 22.6 Å². The number of halogens is 3. The molecule has 2 aliphatic heterocycles. The third kappa shape index (κ3) is 7.34. The summed E-state index contributed by atoms with van der Waals surface area (Å²) in [6, 6.07) is 5.35. The predicted molar refractivity (Wildman–Crippen MR) is 132 cm³/mol. The number of fused-ring (bicyclic) bond motifs is 2. The maximum absolute atomic E-state index is 12.4. The molecule has 3 aromatic rings. The number of amides is 2. The summed E-state index contributed by atoms with van der Waals surface area (Å²) in [7, 11) is 0. The Labute approximate surface area is 227 Å². The van der Waals surface area contributed by atoms with Crippen molar-refractivity contribution in [2.75, 3.05) is 6.54 Å². The van der Waals surface area contributed by atoms with Crippen LogP contribution in [0.3, 0.4) is 0 Å². The lowest BCUT2D eigenvalue weighted by molar-refractivity contribution is -0.274. The zero-order valence-electron chi connectivity index (χ0n) is 21.5. The number of aromatic nitrogens is 6. The van der Waals surface area contributed by atoms with Crippen molar-refractivity contribution in [3.63, 3.8) is 0 Å². The number of hydrogen-bond donors (Lipinski definition) is 2. The lowest BCUT2D eigenvalue weighted by Gasteiger charge is -2.18. The molecule has 1 aromatic carbocycles. The van der Waals surface area contributed by atoms with Crippen molar-refractivity contribution in [2.24, 2.45) is 5.92 Å². The SMILES string of the molecule is O=C(NCc1cccc(OC(F)(F)F)c1)c1cn(CCCCn2cc(C(=O)NCC3CC4CCC3O4)nn2)nn1. The summed E-state index contributed by atoms with van der Waals surface area (Å²) in [5.41, 5.74) is 0.800. The van der Waals surface area contributed by atoms with E-state index in [-0.39, 0.29) is 35.7 Å². The van der Waals surface area contributed by atoms with E-state index in [1.807, 2.05) is 0 Å². The zero-order valence-corrected chi connectivity index (χ0v) is 21.5. The molecule has 2 amide bonds. The minimum Gasteiger partial charge on any atom is -0.406 e. The van der Waals surface area contributed by atoms with Gasteiger partial charge in [-0.2, -0.15) is 0 Å². The number of carbonyl (C=O) groups is 2. The second-order valence-electron chi connectivity index (χ2n) is 9.90. The highest BCUT2D eigenvalue weighted by atomic mass is 19.4. The summed E-state index contributed by atoms with van der Waals surface area (Å²) in [4.78, 5) is 24.8. The Kier molecular flexibility index (Phi) is 8.28. The molecule has 2 aliphatic rings. The first-order chi connectivity index (χ1) is 19.2. The van der Waals surface area contributed by atoms with Crippen molar-refractivity contribution in [1.82, 2.24) is 40.6 Å². The van der Waals surface area contributed by atoms with Crippen LogP contribution in [0, 0.1) is 5.92 Å². The van der Waals surface area contributed by atoms with Crippen LogP contribution in [0.4, 0.5) is 13.2 Å². The molecule has 0 radical (unpaired) electrons. The summed E-state index contributed by atoms with van der Waals surface area (Å²) in [6.45, 7) is 1.63. The Morgan fingerprint density at radius 3 is 2.27 bits per heavy atom. The van der Waals surface area contributed by atoms with Crippen molar-refractivity contribution in [1.29, 1.82) is 0 Å². The van der Waals surface area contributed by atoms with Gasteiger partial charge in [0.1, 0.15) is 5.75 Å². The van der Waals surface area contributed by atoms with E-state index in [0.29, 0.717) is 43.6 Å². The number of carbonyl (C=O) groups excluding carboxylic acids is 2. The van der Waals surface area contributed by atoms with E-state index >= 15 is 0 Å². The van der Waals surface area contributed by atoms with Crippen LogP contribution in [-0.4, -0.2) is 66.9 Å². The molecule has 0 aliphatic carbocycles. The molecule has 15 heteroatoms. The van der Waals surface area contributed by atoms with Gasteiger partial charge < -0.3 is 20.1 Å². The number of nitrogens with zero attached hydrogens (tertiary/aromatic N) is 6. The molecule has 0 spiro atoms. The van der Waals surface area contributed by atoms with E-state index in [1.54, 1.807) is 16.9 Å². The molecule has 40 heavy (non-hydrogen) atoms. The zero-order chi connectivity index (χ0) is 28.1. The minimum absolute atomic E-state index is 0.00531. The number of aryl methyl sites for hydroxylation is 2. The molecule has 3 unspecified atom stereocenters. The van der Waals surface area contributed by atoms with E-state index in [0.717, 1.165) is 25.7 Å². The van der Waals surface area contributed by atoms with E-state index in [9.17, 15) is 22.8 Å². The van der Waals surface area contributed by atoms with Crippen molar-refractivity contribution in [3.05, 3.63) is 53.6 Å². The molecular weight excluding hydrogens is 533 g/mol. The Hall–Kier alpha value is -4.01. The molecular formula is C25H29F3N8O4. The van der Waals surface area contributed by atoms with Gasteiger partial charge in [0.2, 0.25) is 0 Å². The lowest BCUT2D eigenvalue weighted by Crippen LogP contribution is -2.33. The molecule has 2 bridgehead atoms. The summed E-state index contributed by atoms with van der Waals surface area (Å²) in [5, 5.41) is 21.3. The van der Waals surface area contributed by atoms with Crippen LogP contribution in [0.1, 0.15) is 58.6 Å². The van der Waals surface area contributed by atoms with Gasteiger partial charge >= 0.3 is 6.36 Å². The van der Waals surface area contributed by atoms with Crippen molar-refractivity contribution < 1.29 is 32.2 Å². The second-order valence-corrected chi connectivity index (χ2v) is 9.90. The van der Waals surface area contributed by atoms with Crippen molar-refractivity contribution in [3.8, 4) is 5.75 Å². The van der Waals surface area contributed by atoms with E-state index < -0.39 is 12.3 Å². The third-order valence-corrected chi connectivity index (χ3v) is 6.91. The van der Waals surface area contributed by atoms with Crippen LogP contribution in [0.5, 0.6) is 5.75 Å². The molecule has 214 valence electrons. The van der Waals surface area contributed by atoms with Gasteiger partial charge in [0.05, 0.1) is 24.6 Å². The van der Waals surface area contributed by atoms with Crippen molar-refractivity contribution in [2.45, 2.75) is 70.3 Å². The van der Waals surface area contributed by atoms with Gasteiger partial charge in [0, 0.05) is 32.1 Å². The molecule has 0 saturated carbocycles. The molecule has 2 fully saturated rings. The molecule has 4 heterocycles. The maximum Gasteiger partial charge on any atom is 0.573 e. The number of hydrogen-bond acceptors (Lipinski definition) is 8. The number of rotatable bonds is 12. The van der Waals surface area contributed by atoms with Crippen LogP contribution < -0.4 is 15.4 Å². The summed E-state index contributed by atoms with van der Waals surface area (Å²) in [5.74, 6) is -0.753.